The number of aliphatic hydroxyl groups is 1. The van der Waals surface area contributed by atoms with Gasteiger partial charge in [-0.1, -0.05) is 0 Å². The van der Waals surface area contributed by atoms with Crippen molar-refractivity contribution in [2.75, 3.05) is 31.6 Å². The van der Waals surface area contributed by atoms with Crippen molar-refractivity contribution in [2.45, 2.75) is 12.8 Å². The lowest BCUT2D eigenvalue weighted by molar-refractivity contribution is 0.0958. The van der Waals surface area contributed by atoms with Gasteiger partial charge in [-0.2, -0.15) is 0 Å². The van der Waals surface area contributed by atoms with Crippen LogP contribution in [0, 0.1) is 5.92 Å². The van der Waals surface area contributed by atoms with Crippen LogP contribution in [0.3, 0.4) is 0 Å². The average Bonchev–Trinajstić information content (AvgIpc) is 2.46. The molecule has 0 radical (unpaired) electrons. The molecule has 0 atom stereocenters. The molecule has 0 saturated carbocycles. The van der Waals surface area contributed by atoms with Crippen molar-refractivity contribution in [1.82, 2.24) is 10.3 Å². The third kappa shape index (κ3) is 2.79. The molecule has 2 N–H and O–H groups in total. The highest BCUT2D eigenvalue weighted by Gasteiger charge is 2.19. The Morgan fingerprint density at radius 3 is 2.89 bits per heavy atom. The van der Waals surface area contributed by atoms with E-state index in [9.17, 15) is 4.79 Å². The van der Waals surface area contributed by atoms with Gasteiger partial charge in [-0.05, 0) is 30.9 Å². The molecule has 0 spiro atoms. The summed E-state index contributed by atoms with van der Waals surface area (Å²) in [4.78, 5) is 17.8. The van der Waals surface area contributed by atoms with E-state index in [0.717, 1.165) is 31.6 Å². The zero-order valence-electron chi connectivity index (χ0n) is 10.6. The highest BCUT2D eigenvalue weighted by atomic mass is 16.3. The van der Waals surface area contributed by atoms with E-state index in [1.807, 2.05) is 12.1 Å². The number of aliphatic hydroxyl groups excluding tert-OH is 1. The first-order valence-electron chi connectivity index (χ1n) is 6.28. The molecule has 0 bridgehead atoms. The largest absolute Gasteiger partial charge is 0.396 e. The summed E-state index contributed by atoms with van der Waals surface area (Å²) in [5, 5.41) is 11.7. The topological polar surface area (TPSA) is 65.5 Å². The lowest BCUT2D eigenvalue weighted by Crippen LogP contribution is -2.35. The predicted molar refractivity (Wildman–Crippen MR) is 69.7 cm³/mol. The van der Waals surface area contributed by atoms with E-state index in [1.165, 1.54) is 0 Å². The van der Waals surface area contributed by atoms with E-state index in [2.05, 4.69) is 15.2 Å². The minimum absolute atomic E-state index is 0.165. The number of hydrogen-bond donors (Lipinski definition) is 2. The van der Waals surface area contributed by atoms with Gasteiger partial charge in [0.05, 0.1) is 0 Å². The molecular weight excluding hydrogens is 230 g/mol. The summed E-state index contributed by atoms with van der Waals surface area (Å²) >= 11 is 0. The Morgan fingerprint density at radius 1 is 1.56 bits per heavy atom. The molecule has 2 rings (SSSR count). The van der Waals surface area contributed by atoms with Crippen LogP contribution in [-0.2, 0) is 0 Å². The van der Waals surface area contributed by atoms with E-state index < -0.39 is 0 Å². The fourth-order valence-corrected chi connectivity index (χ4v) is 2.24. The fourth-order valence-electron chi connectivity index (χ4n) is 2.24. The highest BCUT2D eigenvalue weighted by Crippen LogP contribution is 2.23. The van der Waals surface area contributed by atoms with Gasteiger partial charge >= 0.3 is 0 Å². The molecule has 1 saturated heterocycles. The Morgan fingerprint density at radius 2 is 2.28 bits per heavy atom. The number of pyridine rings is 1. The highest BCUT2D eigenvalue weighted by molar-refractivity contribution is 5.92. The summed E-state index contributed by atoms with van der Waals surface area (Å²) in [6.07, 6.45) is 3.65. The Bertz CT molecular complexity index is 414. The number of piperidine rings is 1. The van der Waals surface area contributed by atoms with E-state index >= 15 is 0 Å². The molecule has 1 aliphatic rings. The van der Waals surface area contributed by atoms with Gasteiger partial charge in [-0.3, -0.25) is 9.78 Å². The van der Waals surface area contributed by atoms with Gasteiger partial charge in [-0.15, -0.1) is 0 Å². The molecular formula is C13H19N3O2. The van der Waals surface area contributed by atoms with Gasteiger partial charge in [0.25, 0.3) is 5.91 Å². The van der Waals surface area contributed by atoms with Crippen molar-refractivity contribution in [1.29, 1.82) is 0 Å². The molecule has 98 valence electrons. The molecule has 1 fully saturated rings. The predicted octanol–water partition coefficient (Wildman–Crippen LogP) is 0.650. The Kier molecular flexibility index (Phi) is 4.15. The number of carbonyl (C=O) groups is 1. The minimum Gasteiger partial charge on any atom is -0.396 e. The second-order valence-corrected chi connectivity index (χ2v) is 4.59. The third-order valence-corrected chi connectivity index (χ3v) is 3.44. The average molecular weight is 249 g/mol. The van der Waals surface area contributed by atoms with E-state index in [4.69, 9.17) is 5.11 Å². The van der Waals surface area contributed by atoms with Gasteiger partial charge < -0.3 is 15.3 Å². The summed E-state index contributed by atoms with van der Waals surface area (Å²) < 4.78 is 0. The molecule has 2 heterocycles. The second-order valence-electron chi connectivity index (χ2n) is 4.59. The Labute approximate surface area is 107 Å². The van der Waals surface area contributed by atoms with Crippen molar-refractivity contribution in [2.24, 2.45) is 5.92 Å². The van der Waals surface area contributed by atoms with Crippen molar-refractivity contribution in [3.63, 3.8) is 0 Å². The van der Waals surface area contributed by atoms with Crippen LogP contribution in [-0.4, -0.2) is 42.7 Å². The van der Waals surface area contributed by atoms with Crippen molar-refractivity contribution < 1.29 is 9.90 Å². The molecule has 0 unspecified atom stereocenters. The Hall–Kier alpha value is -1.62. The summed E-state index contributed by atoms with van der Waals surface area (Å²) in [6.45, 7) is 2.11. The number of nitrogens with zero attached hydrogens (tertiary/aromatic N) is 2. The van der Waals surface area contributed by atoms with Crippen molar-refractivity contribution in [3.05, 3.63) is 24.0 Å². The third-order valence-electron chi connectivity index (χ3n) is 3.44. The standard InChI is InChI=1S/C13H19N3O2/c1-14-13(18)12-8-11(2-5-15-12)16-6-3-10(9-17)4-7-16/h2,5,8,10,17H,3-4,6-7,9H2,1H3,(H,14,18). The number of rotatable bonds is 3. The van der Waals surface area contributed by atoms with Crippen LogP contribution in [0.5, 0.6) is 0 Å². The summed E-state index contributed by atoms with van der Waals surface area (Å²) in [5.41, 5.74) is 1.47. The molecule has 1 aromatic rings. The number of amides is 1. The van der Waals surface area contributed by atoms with Crippen LogP contribution in [0.1, 0.15) is 23.3 Å². The van der Waals surface area contributed by atoms with Crippen molar-refractivity contribution >= 4 is 11.6 Å². The smallest absolute Gasteiger partial charge is 0.269 e. The first kappa shape index (κ1) is 12.8. The normalized spacial score (nSPS) is 16.7. The van der Waals surface area contributed by atoms with E-state index in [-0.39, 0.29) is 12.5 Å². The molecule has 1 aliphatic heterocycles. The second kappa shape index (κ2) is 5.82. The van der Waals surface area contributed by atoms with Gasteiger partial charge in [0.1, 0.15) is 5.69 Å². The lowest BCUT2D eigenvalue weighted by Gasteiger charge is -2.32. The van der Waals surface area contributed by atoms with Gasteiger partial charge in [0.2, 0.25) is 0 Å². The summed E-state index contributed by atoms with van der Waals surface area (Å²) in [6, 6.07) is 3.74. The summed E-state index contributed by atoms with van der Waals surface area (Å²) in [7, 11) is 1.60. The van der Waals surface area contributed by atoms with Gasteiger partial charge in [-0.25, -0.2) is 0 Å². The monoisotopic (exact) mass is 249 g/mol. The molecule has 0 aliphatic carbocycles. The van der Waals surface area contributed by atoms with E-state index in [1.54, 1.807) is 13.2 Å². The number of nitrogens with one attached hydrogen (secondary N) is 1. The molecule has 18 heavy (non-hydrogen) atoms. The maximum atomic E-state index is 11.5. The van der Waals surface area contributed by atoms with Gasteiger partial charge in [0.15, 0.2) is 0 Å². The van der Waals surface area contributed by atoms with Crippen molar-refractivity contribution in [3.8, 4) is 0 Å². The molecule has 1 aromatic heterocycles. The molecule has 5 heteroatoms. The number of aromatic nitrogens is 1. The van der Waals surface area contributed by atoms with Crippen LogP contribution in [0.25, 0.3) is 0 Å². The number of carbonyl (C=O) groups excluding carboxylic acids is 1. The van der Waals surface area contributed by atoms with E-state index in [0.29, 0.717) is 11.6 Å². The van der Waals surface area contributed by atoms with Crippen LogP contribution < -0.4 is 10.2 Å². The molecule has 5 nitrogen and oxygen atoms in total. The van der Waals surface area contributed by atoms with Crippen LogP contribution in [0.4, 0.5) is 5.69 Å². The SMILES string of the molecule is CNC(=O)c1cc(N2CCC(CO)CC2)ccn1. The fraction of sp³-hybridized carbons (Fsp3) is 0.538. The first-order chi connectivity index (χ1) is 8.74. The molecule has 1 amide bonds. The van der Waals surface area contributed by atoms with Crippen LogP contribution in [0.15, 0.2) is 18.3 Å². The van der Waals surface area contributed by atoms with Crippen LogP contribution in [0.2, 0.25) is 0 Å². The number of hydrogen-bond acceptors (Lipinski definition) is 4. The zero-order valence-corrected chi connectivity index (χ0v) is 10.6. The number of anilines is 1. The maximum Gasteiger partial charge on any atom is 0.269 e. The van der Waals surface area contributed by atoms with Crippen LogP contribution >= 0.6 is 0 Å². The quantitative estimate of drug-likeness (QED) is 0.825. The maximum absolute atomic E-state index is 11.5. The summed E-state index contributed by atoms with van der Waals surface area (Å²) in [5.74, 6) is 0.253. The molecule has 0 aromatic carbocycles. The lowest BCUT2D eigenvalue weighted by atomic mass is 9.97. The van der Waals surface area contributed by atoms with Gasteiger partial charge in [0, 0.05) is 38.6 Å². The first-order valence-corrected chi connectivity index (χ1v) is 6.28. The zero-order chi connectivity index (χ0) is 13.0. The Balaban J connectivity index is 2.07. The minimum atomic E-state index is -0.165.